The molecule has 0 fully saturated rings. The van der Waals surface area contributed by atoms with Gasteiger partial charge in [-0.25, -0.2) is 0 Å². The third kappa shape index (κ3) is 3.56. The van der Waals surface area contributed by atoms with Crippen molar-refractivity contribution in [3.8, 4) is 0 Å². The zero-order valence-corrected chi connectivity index (χ0v) is 13.8. The van der Waals surface area contributed by atoms with E-state index in [-0.39, 0.29) is 23.6 Å². The molecule has 0 saturated heterocycles. The van der Waals surface area contributed by atoms with Crippen molar-refractivity contribution in [1.82, 2.24) is 4.98 Å². The van der Waals surface area contributed by atoms with Crippen LogP contribution in [0.3, 0.4) is 0 Å². The lowest BCUT2D eigenvalue weighted by atomic mass is 9.92. The average molecular weight is 301 g/mol. The first-order valence-electron chi connectivity index (χ1n) is 7.50. The van der Waals surface area contributed by atoms with Crippen LogP contribution >= 0.6 is 0 Å². The molecule has 0 radical (unpaired) electrons. The van der Waals surface area contributed by atoms with Crippen molar-refractivity contribution in [2.75, 3.05) is 0 Å². The first-order valence-corrected chi connectivity index (χ1v) is 7.50. The van der Waals surface area contributed by atoms with Crippen molar-refractivity contribution in [2.45, 2.75) is 47.1 Å². The average Bonchev–Trinajstić information content (AvgIpc) is 2.71. The van der Waals surface area contributed by atoms with E-state index in [1.807, 2.05) is 52.0 Å². The number of aryl methyl sites for hydroxylation is 1. The van der Waals surface area contributed by atoms with E-state index in [2.05, 4.69) is 4.98 Å². The molecule has 0 aliphatic rings. The number of aromatic nitrogens is 1. The normalized spacial score (nSPS) is 13.1. The molecule has 0 spiro atoms. The molecule has 0 saturated carbocycles. The Kier molecular flexibility index (Phi) is 4.40. The van der Waals surface area contributed by atoms with Gasteiger partial charge in [0.2, 0.25) is 5.78 Å². The molecule has 0 aliphatic carbocycles. The SMILES string of the molecule is Cc1[nH]c2ccccc2c1C(=O)C(C)OC(=O)CC(C)(C)C. The second-order valence-corrected chi connectivity index (χ2v) is 6.90. The van der Waals surface area contributed by atoms with Gasteiger partial charge in [-0.05, 0) is 25.3 Å². The number of carbonyl (C=O) groups is 2. The number of Topliss-reactive ketones (excluding diaryl/α,β-unsaturated/α-hetero) is 1. The van der Waals surface area contributed by atoms with E-state index in [1.54, 1.807) is 6.92 Å². The summed E-state index contributed by atoms with van der Waals surface area (Å²) in [6.07, 6.45) is -0.495. The van der Waals surface area contributed by atoms with Gasteiger partial charge >= 0.3 is 5.97 Å². The van der Waals surface area contributed by atoms with E-state index >= 15 is 0 Å². The van der Waals surface area contributed by atoms with Gasteiger partial charge in [-0.15, -0.1) is 0 Å². The number of ketones is 1. The summed E-state index contributed by atoms with van der Waals surface area (Å²) in [5.74, 6) is -0.511. The Labute approximate surface area is 130 Å². The maximum absolute atomic E-state index is 12.6. The number of aromatic amines is 1. The molecule has 1 N–H and O–H groups in total. The van der Waals surface area contributed by atoms with Crippen LogP contribution in [0.15, 0.2) is 24.3 Å². The Hall–Kier alpha value is -2.10. The van der Waals surface area contributed by atoms with Crippen molar-refractivity contribution < 1.29 is 14.3 Å². The molecular formula is C18H23NO3. The smallest absolute Gasteiger partial charge is 0.307 e. The van der Waals surface area contributed by atoms with Crippen LogP contribution in [-0.2, 0) is 9.53 Å². The predicted octanol–water partition coefficient (Wildman–Crippen LogP) is 4.03. The quantitative estimate of drug-likeness (QED) is 0.685. The third-order valence-electron chi connectivity index (χ3n) is 3.49. The van der Waals surface area contributed by atoms with Crippen molar-refractivity contribution in [3.63, 3.8) is 0 Å². The van der Waals surface area contributed by atoms with Gasteiger partial charge in [-0.2, -0.15) is 0 Å². The largest absolute Gasteiger partial charge is 0.454 e. The number of hydrogen-bond donors (Lipinski definition) is 1. The summed E-state index contributed by atoms with van der Waals surface area (Å²) in [7, 11) is 0. The van der Waals surface area contributed by atoms with Gasteiger partial charge in [0.15, 0.2) is 6.10 Å². The minimum atomic E-state index is -0.784. The van der Waals surface area contributed by atoms with E-state index in [0.717, 1.165) is 16.6 Å². The number of fused-ring (bicyclic) bond motifs is 1. The summed E-state index contributed by atoms with van der Waals surface area (Å²) in [4.78, 5) is 27.7. The fourth-order valence-corrected chi connectivity index (χ4v) is 2.52. The van der Waals surface area contributed by atoms with E-state index in [4.69, 9.17) is 4.74 Å². The van der Waals surface area contributed by atoms with Crippen LogP contribution < -0.4 is 0 Å². The van der Waals surface area contributed by atoms with Gasteiger partial charge in [0.05, 0.1) is 6.42 Å². The molecule has 22 heavy (non-hydrogen) atoms. The lowest BCUT2D eigenvalue weighted by molar-refractivity contribution is -0.148. The number of carbonyl (C=O) groups excluding carboxylic acids is 2. The molecule has 1 aromatic carbocycles. The lowest BCUT2D eigenvalue weighted by Gasteiger charge is -2.19. The maximum atomic E-state index is 12.6. The Morgan fingerprint density at radius 2 is 1.86 bits per heavy atom. The van der Waals surface area contributed by atoms with Crippen LogP contribution in [-0.4, -0.2) is 22.8 Å². The molecule has 1 unspecified atom stereocenters. The van der Waals surface area contributed by atoms with Crippen molar-refractivity contribution in [3.05, 3.63) is 35.5 Å². The van der Waals surface area contributed by atoms with Crippen LogP contribution in [0.2, 0.25) is 0 Å². The fraction of sp³-hybridized carbons (Fsp3) is 0.444. The number of hydrogen-bond acceptors (Lipinski definition) is 3. The molecular weight excluding hydrogens is 278 g/mol. The molecule has 4 heteroatoms. The highest BCUT2D eigenvalue weighted by molar-refractivity contribution is 6.11. The highest BCUT2D eigenvalue weighted by Crippen LogP contribution is 2.25. The van der Waals surface area contributed by atoms with E-state index in [9.17, 15) is 9.59 Å². The standard InChI is InChI=1S/C18H23NO3/c1-11-16(13-8-6-7-9-14(13)19-11)17(21)12(2)22-15(20)10-18(3,4)5/h6-9,12,19H,10H2,1-5H3. The van der Waals surface area contributed by atoms with Gasteiger partial charge in [0, 0.05) is 22.2 Å². The zero-order valence-electron chi connectivity index (χ0n) is 13.8. The molecule has 0 aliphatic heterocycles. The van der Waals surface area contributed by atoms with Crippen LogP contribution in [0.25, 0.3) is 10.9 Å². The number of para-hydroxylation sites is 1. The third-order valence-corrected chi connectivity index (χ3v) is 3.49. The highest BCUT2D eigenvalue weighted by atomic mass is 16.5. The molecule has 118 valence electrons. The summed E-state index contributed by atoms with van der Waals surface area (Å²) in [5, 5.41) is 0.865. The van der Waals surface area contributed by atoms with Gasteiger partial charge in [0.25, 0.3) is 0 Å². The van der Waals surface area contributed by atoms with E-state index < -0.39 is 6.10 Å². The summed E-state index contributed by atoms with van der Waals surface area (Å²) >= 11 is 0. The van der Waals surface area contributed by atoms with Crippen molar-refractivity contribution in [1.29, 1.82) is 0 Å². The molecule has 1 atom stereocenters. The lowest BCUT2D eigenvalue weighted by Crippen LogP contribution is -2.26. The molecule has 0 amide bonds. The molecule has 0 bridgehead atoms. The molecule has 1 aromatic heterocycles. The molecule has 2 rings (SSSR count). The Morgan fingerprint density at radius 1 is 1.23 bits per heavy atom. The summed E-state index contributed by atoms with van der Waals surface area (Å²) < 4.78 is 5.31. The first kappa shape index (κ1) is 16.3. The van der Waals surface area contributed by atoms with Crippen molar-refractivity contribution >= 4 is 22.7 Å². The Balaban J connectivity index is 2.20. The van der Waals surface area contributed by atoms with Crippen LogP contribution in [0.1, 0.15) is 50.2 Å². The van der Waals surface area contributed by atoms with Crippen LogP contribution in [0.5, 0.6) is 0 Å². The number of H-pyrrole nitrogens is 1. The predicted molar refractivity (Wildman–Crippen MR) is 87.0 cm³/mol. The van der Waals surface area contributed by atoms with Gasteiger partial charge in [-0.3, -0.25) is 9.59 Å². The maximum Gasteiger partial charge on any atom is 0.307 e. The Bertz CT molecular complexity index is 707. The second-order valence-electron chi connectivity index (χ2n) is 6.90. The highest BCUT2D eigenvalue weighted by Gasteiger charge is 2.26. The van der Waals surface area contributed by atoms with Crippen LogP contribution in [0, 0.1) is 12.3 Å². The number of rotatable bonds is 4. The number of ether oxygens (including phenoxy) is 1. The second kappa shape index (κ2) is 5.95. The zero-order chi connectivity index (χ0) is 16.5. The molecule has 1 heterocycles. The van der Waals surface area contributed by atoms with E-state index in [0.29, 0.717) is 5.56 Å². The van der Waals surface area contributed by atoms with Crippen LogP contribution in [0.4, 0.5) is 0 Å². The minimum absolute atomic E-state index is 0.156. The van der Waals surface area contributed by atoms with Gasteiger partial charge in [0.1, 0.15) is 0 Å². The number of nitrogens with one attached hydrogen (secondary N) is 1. The van der Waals surface area contributed by atoms with E-state index in [1.165, 1.54) is 0 Å². The summed E-state index contributed by atoms with van der Waals surface area (Å²) in [6, 6.07) is 7.63. The topological polar surface area (TPSA) is 59.2 Å². The summed E-state index contributed by atoms with van der Waals surface area (Å²) in [6.45, 7) is 9.38. The first-order chi connectivity index (χ1) is 10.2. The van der Waals surface area contributed by atoms with Crippen molar-refractivity contribution in [2.24, 2.45) is 5.41 Å². The fourth-order valence-electron chi connectivity index (χ4n) is 2.52. The summed E-state index contributed by atoms with van der Waals surface area (Å²) in [5.41, 5.74) is 2.16. The molecule has 2 aromatic rings. The van der Waals surface area contributed by atoms with Gasteiger partial charge < -0.3 is 9.72 Å². The Morgan fingerprint density at radius 3 is 2.50 bits per heavy atom. The van der Waals surface area contributed by atoms with Gasteiger partial charge in [-0.1, -0.05) is 39.0 Å². The monoisotopic (exact) mass is 301 g/mol. The number of benzene rings is 1. The molecule has 4 nitrogen and oxygen atoms in total. The minimum Gasteiger partial charge on any atom is -0.454 e. The number of esters is 1.